The number of hydrogen-bond acceptors (Lipinski definition) is 2. The van der Waals surface area contributed by atoms with Crippen LogP contribution in [0, 0.1) is 0 Å². The fraction of sp³-hybridized carbons (Fsp3) is 0.455. The first-order valence-electron chi connectivity index (χ1n) is 14.3. The second-order valence-corrected chi connectivity index (χ2v) is 23.5. The third kappa shape index (κ3) is 6.95. The number of rotatable bonds is 6. The molecule has 1 radical (unpaired) electrons. The normalized spacial score (nSPS) is 14.8. The maximum absolute atomic E-state index is 14.5. The Kier molecular flexibility index (Phi) is 10.3. The third-order valence-corrected chi connectivity index (χ3v) is 21.1. The van der Waals surface area contributed by atoms with E-state index >= 15 is 0 Å². The molecule has 2 N–H and O–H groups in total. The van der Waals surface area contributed by atoms with Crippen LogP contribution in [0.15, 0.2) is 72.8 Å². The summed E-state index contributed by atoms with van der Waals surface area (Å²) in [7, 11) is 0. The molecule has 15 heteroatoms. The summed E-state index contributed by atoms with van der Waals surface area (Å²) in [5.74, 6) is 0. The van der Waals surface area contributed by atoms with Gasteiger partial charge < -0.3 is 0 Å². The van der Waals surface area contributed by atoms with Crippen molar-refractivity contribution in [2.24, 2.45) is 0 Å². The summed E-state index contributed by atoms with van der Waals surface area (Å²) in [5.41, 5.74) is -13.6. The standard InChI is InChI=1S/2C10H13.C9H5F6O.C4H3F6O.Sb/c2*1-10(2,3)9-7-5-4-6-8-9;10-8(11,12)7(16,9(13,14)15)6-4-2-1-3-5-6;1-2(11,3(5,6)7)4(8,9)10;/h2*5-8H,1-3H3;1-4,16H;11H,1H2;. The molecule has 0 atom stereocenters. The summed E-state index contributed by atoms with van der Waals surface area (Å²) in [6.07, 6.45) is -26.0. The van der Waals surface area contributed by atoms with E-state index < -0.39 is 86.0 Å². The monoisotopic (exact) mass is 811 g/mol. The first kappa shape index (κ1) is 40.0. The first-order chi connectivity index (χ1) is 21.4. The van der Waals surface area contributed by atoms with Gasteiger partial charge in [0.2, 0.25) is 0 Å². The van der Waals surface area contributed by atoms with Crippen molar-refractivity contribution in [1.82, 2.24) is 0 Å². The van der Waals surface area contributed by atoms with Crippen LogP contribution in [0.5, 0.6) is 0 Å². The molecule has 0 spiro atoms. The molecule has 3 aromatic rings. The average molecular weight is 812 g/mol. The molecule has 267 valence electrons. The van der Waals surface area contributed by atoms with Gasteiger partial charge in [-0.25, -0.2) is 0 Å². The van der Waals surface area contributed by atoms with Crippen LogP contribution in [0.3, 0.4) is 0 Å². The Hall–Kier alpha value is -2.44. The van der Waals surface area contributed by atoms with E-state index in [1.807, 2.05) is 0 Å². The van der Waals surface area contributed by atoms with E-state index in [0.717, 1.165) is 30.3 Å². The van der Waals surface area contributed by atoms with Gasteiger partial charge in [-0.1, -0.05) is 0 Å². The van der Waals surface area contributed by atoms with Crippen molar-refractivity contribution in [2.75, 3.05) is 0 Å². The number of hydrogen-bond donors (Lipinski definition) is 2. The summed E-state index contributed by atoms with van der Waals surface area (Å²) in [6, 6.07) is 11.8. The van der Waals surface area contributed by atoms with E-state index in [4.69, 9.17) is 0 Å². The van der Waals surface area contributed by atoms with Gasteiger partial charge in [0, 0.05) is 0 Å². The molecule has 0 bridgehead atoms. The second-order valence-electron chi connectivity index (χ2n) is 13.6. The van der Waals surface area contributed by atoms with Crippen molar-refractivity contribution in [2.45, 2.75) is 92.6 Å². The minimum absolute atomic E-state index is 0.187. The Morgan fingerprint density at radius 2 is 0.812 bits per heavy atom. The fourth-order valence-electron chi connectivity index (χ4n) is 5.39. The van der Waals surface area contributed by atoms with Crippen molar-refractivity contribution in [3.8, 4) is 0 Å². The molecule has 2 nitrogen and oxygen atoms in total. The molecule has 0 unspecified atom stereocenters. The van der Waals surface area contributed by atoms with Crippen molar-refractivity contribution < 1.29 is 62.9 Å². The van der Waals surface area contributed by atoms with Crippen LogP contribution >= 0.6 is 0 Å². The van der Waals surface area contributed by atoms with Gasteiger partial charge in [0.1, 0.15) is 0 Å². The molecule has 3 rings (SSSR count). The molecule has 0 aromatic heterocycles. The van der Waals surface area contributed by atoms with E-state index in [-0.39, 0.29) is 6.07 Å². The summed E-state index contributed by atoms with van der Waals surface area (Å²) >= 11 is -6.64. The van der Waals surface area contributed by atoms with Gasteiger partial charge >= 0.3 is 274 Å². The zero-order chi connectivity index (χ0) is 37.2. The minimum atomic E-state index is -6.64. The summed E-state index contributed by atoms with van der Waals surface area (Å²) in [6.45, 7) is 10.3. The van der Waals surface area contributed by atoms with Gasteiger partial charge in [0.15, 0.2) is 0 Å². The average Bonchev–Trinajstić information content (AvgIpc) is 2.92. The van der Waals surface area contributed by atoms with E-state index in [9.17, 15) is 62.9 Å². The van der Waals surface area contributed by atoms with Gasteiger partial charge in [0.05, 0.1) is 0 Å². The van der Waals surface area contributed by atoms with Crippen LogP contribution in [-0.4, -0.2) is 59.3 Å². The number of alkyl halides is 12. The van der Waals surface area contributed by atoms with E-state index in [1.165, 1.54) is 24.3 Å². The summed E-state index contributed by atoms with van der Waals surface area (Å²) < 4.78 is 169. The molecule has 0 saturated carbocycles. The zero-order valence-electron chi connectivity index (χ0n) is 26.5. The molecule has 0 aliphatic heterocycles. The predicted molar refractivity (Wildman–Crippen MR) is 159 cm³/mol. The van der Waals surface area contributed by atoms with E-state index in [0.29, 0.717) is 23.3 Å². The van der Waals surface area contributed by atoms with E-state index in [1.54, 1.807) is 41.5 Å². The predicted octanol–water partition coefficient (Wildman–Crippen LogP) is 7.92. The molecule has 0 aliphatic carbocycles. The number of aliphatic hydroxyl groups is 2. The number of halogens is 12. The van der Waals surface area contributed by atoms with Crippen LogP contribution in [0.1, 0.15) is 58.2 Å². The molecular formula is C33H34F12O2Sb. The summed E-state index contributed by atoms with van der Waals surface area (Å²) in [4.78, 5) is 0. The van der Waals surface area contributed by atoms with Crippen molar-refractivity contribution in [3.63, 3.8) is 0 Å². The van der Waals surface area contributed by atoms with Gasteiger partial charge in [-0.3, -0.25) is 0 Å². The van der Waals surface area contributed by atoms with Crippen molar-refractivity contribution in [3.05, 3.63) is 89.5 Å². The Labute approximate surface area is 273 Å². The summed E-state index contributed by atoms with van der Waals surface area (Å²) in [5, 5.41) is 21.3. The molecule has 0 fully saturated rings. The molecule has 3 aromatic carbocycles. The van der Waals surface area contributed by atoms with Gasteiger partial charge in [-0.05, 0) is 0 Å². The molecule has 48 heavy (non-hydrogen) atoms. The molecule has 0 heterocycles. The SMILES string of the molecule is CC(C)(C)c1cc[c]([Sb]([CH2]C(O)(C(F)(F)F)C(F)(F)F)([c]2ccc(C(C)(C)C)cc2)[c]2ccccc2C(O)(C(F)(F)F)C(F)(F)F)cc1. The quantitative estimate of drug-likeness (QED) is 0.196. The van der Waals surface area contributed by atoms with Crippen LogP contribution in [0.4, 0.5) is 52.7 Å². The van der Waals surface area contributed by atoms with Crippen molar-refractivity contribution >= 4 is 29.3 Å². The Bertz CT molecular complexity index is 1490. The van der Waals surface area contributed by atoms with Gasteiger partial charge in [0.25, 0.3) is 0 Å². The van der Waals surface area contributed by atoms with Crippen LogP contribution in [0.2, 0.25) is 4.37 Å². The van der Waals surface area contributed by atoms with Crippen molar-refractivity contribution in [1.29, 1.82) is 0 Å². The molecular weight excluding hydrogens is 778 g/mol. The first-order valence-corrected chi connectivity index (χ1v) is 19.9. The Morgan fingerprint density at radius 3 is 1.10 bits per heavy atom. The number of benzene rings is 3. The topological polar surface area (TPSA) is 40.5 Å². The van der Waals surface area contributed by atoms with Gasteiger partial charge in [-0.15, -0.1) is 0 Å². The zero-order valence-corrected chi connectivity index (χ0v) is 29.1. The molecule has 0 amide bonds. The van der Waals surface area contributed by atoms with Crippen LogP contribution < -0.4 is 10.5 Å². The maximum atomic E-state index is 14.5. The van der Waals surface area contributed by atoms with Gasteiger partial charge in [-0.2, -0.15) is 0 Å². The third-order valence-electron chi connectivity index (χ3n) is 8.28. The molecule has 0 saturated heterocycles. The fourth-order valence-corrected chi connectivity index (χ4v) is 18.9. The Morgan fingerprint density at radius 1 is 0.479 bits per heavy atom. The van der Waals surface area contributed by atoms with Crippen LogP contribution in [0.25, 0.3) is 0 Å². The van der Waals surface area contributed by atoms with E-state index in [2.05, 4.69) is 0 Å². The van der Waals surface area contributed by atoms with Crippen LogP contribution in [-0.2, 0) is 16.4 Å². The molecule has 0 aliphatic rings. The Balaban J connectivity index is 2.74. The second kappa shape index (κ2) is 12.4.